The van der Waals surface area contributed by atoms with Crippen molar-refractivity contribution in [1.82, 2.24) is 9.97 Å². The molecule has 0 spiro atoms. The summed E-state index contributed by atoms with van der Waals surface area (Å²) in [6.07, 6.45) is 6.98. The van der Waals surface area contributed by atoms with Gasteiger partial charge in [-0.1, -0.05) is 0 Å². The van der Waals surface area contributed by atoms with Gasteiger partial charge in [0.05, 0.1) is 18.7 Å². The monoisotopic (exact) mass is 294 g/mol. The zero-order valence-corrected chi connectivity index (χ0v) is 11.7. The summed E-state index contributed by atoms with van der Waals surface area (Å²) >= 11 is 0. The second-order valence-corrected chi connectivity index (χ2v) is 4.58. The highest BCUT2D eigenvalue weighted by atomic mass is 16.5. The van der Waals surface area contributed by atoms with Crippen LogP contribution in [0.4, 0.5) is 0 Å². The van der Waals surface area contributed by atoms with E-state index < -0.39 is 5.92 Å². The summed E-state index contributed by atoms with van der Waals surface area (Å²) in [5.41, 5.74) is 1.19. The van der Waals surface area contributed by atoms with Gasteiger partial charge in [0.15, 0.2) is 5.78 Å². The van der Waals surface area contributed by atoms with E-state index in [1.807, 2.05) is 0 Å². The van der Waals surface area contributed by atoms with E-state index in [1.165, 1.54) is 25.6 Å². The first-order valence-corrected chi connectivity index (χ1v) is 6.55. The first-order valence-electron chi connectivity index (χ1n) is 6.55. The number of Topliss-reactive ketones (excluding diaryl/α,β-unsaturated/α-hetero) is 1. The smallest absolute Gasteiger partial charge is 0.197 e. The number of aromatic hydroxyl groups is 1. The fourth-order valence-corrected chi connectivity index (χ4v) is 2.33. The summed E-state index contributed by atoms with van der Waals surface area (Å²) in [5, 5.41) is 10.0. The molecule has 0 fully saturated rings. The van der Waals surface area contributed by atoms with E-state index in [9.17, 15) is 9.90 Å². The van der Waals surface area contributed by atoms with Gasteiger partial charge >= 0.3 is 0 Å². The molecule has 0 amide bonds. The Morgan fingerprint density at radius 1 is 1.23 bits per heavy atom. The number of hydrogen-bond donors (Lipinski definition) is 1. The number of ether oxygens (including phenoxy) is 1. The quantitative estimate of drug-likeness (QED) is 0.933. The fraction of sp³-hybridized carbons (Fsp3) is 0.125. The van der Waals surface area contributed by atoms with Gasteiger partial charge in [-0.2, -0.15) is 0 Å². The number of ketones is 1. The van der Waals surface area contributed by atoms with Crippen LogP contribution in [0.3, 0.4) is 0 Å². The molecule has 1 atom stereocenters. The number of rotatable bonds is 3. The Morgan fingerprint density at radius 3 is 2.77 bits per heavy atom. The van der Waals surface area contributed by atoms with Gasteiger partial charge < -0.3 is 9.84 Å². The van der Waals surface area contributed by atoms with Crippen molar-refractivity contribution in [1.29, 1.82) is 0 Å². The second kappa shape index (κ2) is 5.77. The fourth-order valence-electron chi connectivity index (χ4n) is 2.33. The van der Waals surface area contributed by atoms with E-state index in [4.69, 9.17) is 4.74 Å². The maximum Gasteiger partial charge on any atom is 0.197 e. The minimum Gasteiger partial charge on any atom is -0.506 e. The molecule has 2 aromatic heterocycles. The van der Waals surface area contributed by atoms with Gasteiger partial charge in [0, 0.05) is 24.2 Å². The molecule has 1 aliphatic heterocycles. The summed E-state index contributed by atoms with van der Waals surface area (Å²) in [7, 11) is 1.51. The molecule has 3 rings (SSSR count). The van der Waals surface area contributed by atoms with Gasteiger partial charge in [-0.25, -0.2) is 0 Å². The lowest BCUT2D eigenvalue weighted by molar-refractivity contribution is -0.112. The second-order valence-electron chi connectivity index (χ2n) is 4.58. The number of allylic oxidation sites excluding steroid dienone is 1. The van der Waals surface area contributed by atoms with E-state index >= 15 is 0 Å². The Bertz CT molecular complexity index is 784. The van der Waals surface area contributed by atoms with E-state index in [-0.39, 0.29) is 11.5 Å². The summed E-state index contributed by atoms with van der Waals surface area (Å²) in [6.45, 7) is 0. The van der Waals surface area contributed by atoms with Gasteiger partial charge in [-0.3, -0.25) is 19.8 Å². The molecule has 0 aliphatic carbocycles. The normalized spacial score (nSPS) is 17.2. The molecular weight excluding hydrogens is 282 g/mol. The Hall–Kier alpha value is -3.02. The van der Waals surface area contributed by atoms with Crippen LogP contribution in [-0.2, 0) is 4.79 Å². The summed E-state index contributed by atoms with van der Waals surface area (Å²) < 4.78 is 5.28. The zero-order valence-electron chi connectivity index (χ0n) is 11.7. The van der Waals surface area contributed by atoms with Gasteiger partial charge in [0.2, 0.25) is 0 Å². The topological polar surface area (TPSA) is 84.7 Å². The van der Waals surface area contributed by atoms with Crippen molar-refractivity contribution in [3.63, 3.8) is 0 Å². The molecule has 2 aromatic rings. The maximum absolute atomic E-state index is 12.3. The minimum absolute atomic E-state index is 0.0291. The summed E-state index contributed by atoms with van der Waals surface area (Å²) in [4.78, 5) is 24.5. The van der Waals surface area contributed by atoms with Crippen molar-refractivity contribution >= 4 is 17.6 Å². The first-order chi connectivity index (χ1) is 10.7. The lowest BCUT2D eigenvalue weighted by atomic mass is 9.87. The van der Waals surface area contributed by atoms with Crippen LogP contribution < -0.4 is 4.74 Å². The third-order valence-corrected chi connectivity index (χ3v) is 3.30. The SMILES string of the molecule is COc1cccnc1C1C(=O)[C]=NC=C1c1ncccc1O. The van der Waals surface area contributed by atoms with Crippen LogP contribution >= 0.6 is 0 Å². The molecule has 0 saturated carbocycles. The molecule has 22 heavy (non-hydrogen) atoms. The van der Waals surface area contributed by atoms with Crippen LogP contribution in [0.1, 0.15) is 17.3 Å². The predicted octanol–water partition coefficient (Wildman–Crippen LogP) is 1.85. The lowest BCUT2D eigenvalue weighted by Gasteiger charge is -2.20. The van der Waals surface area contributed by atoms with Crippen LogP contribution in [0.25, 0.3) is 5.57 Å². The first kappa shape index (κ1) is 13.9. The molecule has 3 heterocycles. The number of hydrogen-bond acceptors (Lipinski definition) is 6. The van der Waals surface area contributed by atoms with Gasteiger partial charge in [-0.05, 0) is 24.3 Å². The number of methoxy groups -OCH3 is 1. The number of aromatic nitrogens is 2. The highest BCUT2D eigenvalue weighted by Crippen LogP contribution is 2.39. The highest BCUT2D eigenvalue weighted by molar-refractivity contribution is 6.34. The van der Waals surface area contributed by atoms with E-state index in [0.29, 0.717) is 22.7 Å². The van der Waals surface area contributed by atoms with Crippen molar-refractivity contribution in [2.45, 2.75) is 5.92 Å². The standard InChI is InChI=1S/C16H12N3O3/c1-22-13-5-3-7-19-16(13)14-10(8-17-9-12(14)21)15-11(20)4-2-6-18-15/h2-8,14,20H,1H3. The van der Waals surface area contributed by atoms with Crippen LogP contribution in [0.15, 0.2) is 47.9 Å². The molecular formula is C16H12N3O3. The minimum atomic E-state index is -0.769. The largest absolute Gasteiger partial charge is 0.506 e. The number of nitrogens with zero attached hydrogens (tertiary/aromatic N) is 3. The third kappa shape index (κ3) is 2.35. The Labute approximate surface area is 126 Å². The number of aliphatic imine (C=N–C) groups is 1. The summed E-state index contributed by atoms with van der Waals surface area (Å²) in [6, 6.07) is 6.55. The van der Waals surface area contributed by atoms with Crippen LogP contribution in [0.2, 0.25) is 0 Å². The molecule has 1 unspecified atom stereocenters. The van der Waals surface area contributed by atoms with E-state index in [1.54, 1.807) is 24.4 Å². The average Bonchev–Trinajstić information content (AvgIpc) is 2.55. The van der Waals surface area contributed by atoms with Crippen LogP contribution in [0.5, 0.6) is 11.5 Å². The molecule has 0 aromatic carbocycles. The molecule has 1 N–H and O–H groups in total. The number of pyridine rings is 2. The van der Waals surface area contributed by atoms with Crippen LogP contribution in [0, 0.1) is 0 Å². The van der Waals surface area contributed by atoms with Crippen molar-refractivity contribution in [3.05, 3.63) is 54.2 Å². The molecule has 1 radical (unpaired) electrons. The number of carbonyl (C=O) groups is 1. The molecule has 6 heteroatoms. The molecule has 109 valence electrons. The van der Waals surface area contributed by atoms with Gasteiger partial charge in [0.25, 0.3) is 0 Å². The van der Waals surface area contributed by atoms with Crippen molar-refractivity contribution in [3.8, 4) is 11.5 Å². The average molecular weight is 294 g/mol. The zero-order chi connectivity index (χ0) is 15.5. The summed E-state index contributed by atoms with van der Waals surface area (Å²) in [5.74, 6) is -0.682. The van der Waals surface area contributed by atoms with Crippen molar-refractivity contribution in [2.75, 3.05) is 7.11 Å². The maximum atomic E-state index is 12.3. The Balaban J connectivity index is 2.16. The van der Waals surface area contributed by atoms with Gasteiger partial charge in [0.1, 0.15) is 23.4 Å². The van der Waals surface area contributed by atoms with Gasteiger partial charge in [-0.15, -0.1) is 0 Å². The van der Waals surface area contributed by atoms with Crippen molar-refractivity contribution in [2.24, 2.45) is 4.99 Å². The molecule has 0 bridgehead atoms. The Morgan fingerprint density at radius 2 is 2.00 bits per heavy atom. The molecule has 0 saturated heterocycles. The lowest BCUT2D eigenvalue weighted by Crippen LogP contribution is -2.20. The predicted molar refractivity (Wildman–Crippen MR) is 79.9 cm³/mol. The van der Waals surface area contributed by atoms with Crippen LogP contribution in [-0.4, -0.2) is 34.2 Å². The van der Waals surface area contributed by atoms with E-state index in [2.05, 4.69) is 21.2 Å². The van der Waals surface area contributed by atoms with Crippen molar-refractivity contribution < 1.29 is 14.6 Å². The molecule has 6 nitrogen and oxygen atoms in total. The van der Waals surface area contributed by atoms with E-state index in [0.717, 1.165) is 0 Å². The molecule has 1 aliphatic rings. The third-order valence-electron chi connectivity index (χ3n) is 3.30. The Kier molecular flexibility index (Phi) is 3.65. The highest BCUT2D eigenvalue weighted by Gasteiger charge is 2.33. The number of carbonyl (C=O) groups excluding carboxylic acids is 1.